The fraction of sp³-hybridized carbons (Fsp3) is 0.333. The zero-order valence-electron chi connectivity index (χ0n) is 15.2. The van der Waals surface area contributed by atoms with E-state index in [1.165, 1.54) is 0 Å². The van der Waals surface area contributed by atoms with E-state index in [2.05, 4.69) is 0 Å². The first kappa shape index (κ1) is 19.3. The van der Waals surface area contributed by atoms with Crippen LogP contribution in [0.5, 0.6) is 5.75 Å². The number of carboxylic acid groups (broad SMARTS) is 1. The third-order valence-corrected chi connectivity index (χ3v) is 5.88. The molecule has 6 heteroatoms. The Kier molecular flexibility index (Phi) is 6.40. The van der Waals surface area contributed by atoms with Crippen LogP contribution in [-0.4, -0.2) is 47.8 Å². The minimum Gasteiger partial charge on any atom is -0.497 e. The van der Waals surface area contributed by atoms with Gasteiger partial charge in [-0.25, -0.2) is 0 Å². The van der Waals surface area contributed by atoms with Crippen LogP contribution in [0.25, 0.3) is 0 Å². The maximum atomic E-state index is 12.6. The van der Waals surface area contributed by atoms with E-state index in [9.17, 15) is 14.7 Å². The summed E-state index contributed by atoms with van der Waals surface area (Å²) in [5, 5.41) is 9.56. The van der Waals surface area contributed by atoms with E-state index in [0.29, 0.717) is 18.7 Å². The quantitative estimate of drug-likeness (QED) is 0.739. The van der Waals surface area contributed by atoms with E-state index in [1.807, 2.05) is 54.6 Å². The number of likely N-dealkylation sites (tertiary alicyclic amines) is 1. The maximum absolute atomic E-state index is 12.6. The normalized spacial score (nSPS) is 19.1. The zero-order valence-corrected chi connectivity index (χ0v) is 16.0. The zero-order chi connectivity index (χ0) is 19.2. The summed E-state index contributed by atoms with van der Waals surface area (Å²) in [6, 6.07) is 17.3. The molecule has 5 nitrogen and oxygen atoms in total. The summed E-state index contributed by atoms with van der Waals surface area (Å²) < 4.78 is 5.14. The molecule has 1 fully saturated rings. The Morgan fingerprint density at radius 3 is 2.44 bits per heavy atom. The number of hydrogen-bond donors (Lipinski definition) is 1. The molecule has 27 heavy (non-hydrogen) atoms. The van der Waals surface area contributed by atoms with Crippen LogP contribution in [0.1, 0.15) is 17.9 Å². The van der Waals surface area contributed by atoms with Gasteiger partial charge in [-0.1, -0.05) is 30.3 Å². The highest BCUT2D eigenvalue weighted by Crippen LogP contribution is 2.33. The molecule has 1 heterocycles. The highest BCUT2D eigenvalue weighted by molar-refractivity contribution is 7.99. The van der Waals surface area contributed by atoms with Crippen LogP contribution in [0.3, 0.4) is 0 Å². The molecule has 1 N–H and O–H groups in total. The highest BCUT2D eigenvalue weighted by atomic mass is 32.2. The first-order valence-electron chi connectivity index (χ1n) is 8.91. The molecule has 0 aliphatic carbocycles. The van der Waals surface area contributed by atoms with Crippen molar-refractivity contribution in [1.82, 2.24) is 4.90 Å². The van der Waals surface area contributed by atoms with Gasteiger partial charge in [-0.2, -0.15) is 0 Å². The van der Waals surface area contributed by atoms with Gasteiger partial charge in [-0.15, -0.1) is 11.8 Å². The fourth-order valence-electron chi connectivity index (χ4n) is 3.38. The maximum Gasteiger partial charge on any atom is 0.308 e. The van der Waals surface area contributed by atoms with Crippen molar-refractivity contribution in [2.75, 3.05) is 26.0 Å². The molecule has 3 rings (SSSR count). The Hall–Kier alpha value is -2.47. The second-order valence-electron chi connectivity index (χ2n) is 6.53. The average molecular weight is 385 g/mol. The van der Waals surface area contributed by atoms with Crippen LogP contribution < -0.4 is 4.74 Å². The minimum absolute atomic E-state index is 0.0145. The number of rotatable bonds is 7. The Morgan fingerprint density at radius 2 is 1.81 bits per heavy atom. The summed E-state index contributed by atoms with van der Waals surface area (Å²) in [5.41, 5.74) is 0.979. The Labute approximate surface area is 163 Å². The van der Waals surface area contributed by atoms with Gasteiger partial charge in [-0.05, 0) is 29.8 Å². The number of carbonyl (C=O) groups excluding carboxylic acids is 1. The van der Waals surface area contributed by atoms with Crippen LogP contribution >= 0.6 is 11.8 Å². The summed E-state index contributed by atoms with van der Waals surface area (Å²) >= 11 is 1.61. The number of methoxy groups -OCH3 is 1. The van der Waals surface area contributed by atoms with Crippen molar-refractivity contribution >= 4 is 23.6 Å². The molecule has 0 bridgehead atoms. The van der Waals surface area contributed by atoms with E-state index in [1.54, 1.807) is 23.8 Å². The Bertz CT molecular complexity index is 779. The second kappa shape index (κ2) is 8.95. The predicted molar refractivity (Wildman–Crippen MR) is 105 cm³/mol. The summed E-state index contributed by atoms with van der Waals surface area (Å²) in [6.07, 6.45) is 0.393. The van der Waals surface area contributed by atoms with Crippen molar-refractivity contribution in [2.45, 2.75) is 17.2 Å². The molecule has 0 unspecified atom stereocenters. The van der Waals surface area contributed by atoms with Crippen molar-refractivity contribution in [3.63, 3.8) is 0 Å². The third-order valence-electron chi connectivity index (χ3n) is 4.86. The number of carboxylic acids is 1. The van der Waals surface area contributed by atoms with Gasteiger partial charge in [0.05, 0.1) is 13.0 Å². The number of aliphatic carboxylic acids is 1. The average Bonchev–Trinajstić information content (AvgIpc) is 3.15. The van der Waals surface area contributed by atoms with Crippen molar-refractivity contribution in [3.05, 3.63) is 60.2 Å². The molecule has 2 atom stereocenters. The molecule has 0 aromatic heterocycles. The molecule has 1 amide bonds. The lowest BCUT2D eigenvalue weighted by Crippen LogP contribution is -2.30. The molecule has 1 aliphatic rings. The van der Waals surface area contributed by atoms with E-state index in [4.69, 9.17) is 4.74 Å². The van der Waals surface area contributed by atoms with Crippen molar-refractivity contribution in [1.29, 1.82) is 0 Å². The molecule has 0 spiro atoms. The van der Waals surface area contributed by atoms with Gasteiger partial charge in [0.15, 0.2) is 0 Å². The van der Waals surface area contributed by atoms with Crippen LogP contribution in [0.2, 0.25) is 0 Å². The Morgan fingerprint density at radius 1 is 1.11 bits per heavy atom. The second-order valence-corrected chi connectivity index (χ2v) is 7.70. The topological polar surface area (TPSA) is 66.8 Å². The lowest BCUT2D eigenvalue weighted by molar-refractivity contribution is -0.141. The number of nitrogens with zero attached hydrogens (tertiary/aromatic N) is 1. The van der Waals surface area contributed by atoms with Crippen LogP contribution in [0.4, 0.5) is 0 Å². The summed E-state index contributed by atoms with van der Waals surface area (Å²) in [5.74, 6) is -0.0610. The standard InChI is InChI=1S/C21H23NO4S/c1-26-16-7-9-17(10-8-16)27-12-11-20(23)22-13-18(19(14-22)21(24)25)15-5-3-2-4-6-15/h2-10,18-19H,11-14H2,1H3,(H,24,25)/t18-,19-/m0/s1. The van der Waals surface area contributed by atoms with E-state index >= 15 is 0 Å². The van der Waals surface area contributed by atoms with Gasteiger partial charge >= 0.3 is 5.97 Å². The van der Waals surface area contributed by atoms with Crippen LogP contribution in [0, 0.1) is 5.92 Å². The molecular formula is C21H23NO4S. The minimum atomic E-state index is -0.841. The van der Waals surface area contributed by atoms with Gasteiger partial charge in [-0.3, -0.25) is 9.59 Å². The lowest BCUT2D eigenvalue weighted by atomic mass is 9.89. The molecule has 0 radical (unpaired) electrons. The monoisotopic (exact) mass is 385 g/mol. The molecule has 2 aromatic rings. The van der Waals surface area contributed by atoms with Crippen molar-refractivity contribution in [3.8, 4) is 5.75 Å². The molecule has 142 valence electrons. The van der Waals surface area contributed by atoms with Gasteiger partial charge in [0.2, 0.25) is 5.91 Å². The number of carbonyl (C=O) groups is 2. The van der Waals surface area contributed by atoms with Gasteiger partial charge in [0, 0.05) is 36.1 Å². The predicted octanol–water partition coefficient (Wildman–Crippen LogP) is 3.50. The molecular weight excluding hydrogens is 362 g/mol. The number of thioether (sulfide) groups is 1. The first-order valence-corrected chi connectivity index (χ1v) is 9.89. The fourth-order valence-corrected chi connectivity index (χ4v) is 4.22. The smallest absolute Gasteiger partial charge is 0.308 e. The van der Waals surface area contributed by atoms with E-state index < -0.39 is 11.9 Å². The number of hydrogen-bond acceptors (Lipinski definition) is 4. The molecule has 0 saturated carbocycles. The van der Waals surface area contributed by atoms with Gasteiger partial charge in [0.1, 0.15) is 5.75 Å². The largest absolute Gasteiger partial charge is 0.497 e. The lowest BCUT2D eigenvalue weighted by Gasteiger charge is -2.16. The first-order chi connectivity index (χ1) is 13.1. The van der Waals surface area contributed by atoms with Crippen molar-refractivity contribution in [2.24, 2.45) is 5.92 Å². The SMILES string of the molecule is COc1ccc(SCCC(=O)N2C[C@H](C(=O)O)[C@H](c3ccccc3)C2)cc1. The van der Waals surface area contributed by atoms with E-state index in [0.717, 1.165) is 16.2 Å². The van der Waals surface area contributed by atoms with Gasteiger partial charge < -0.3 is 14.7 Å². The molecule has 1 aliphatic heterocycles. The number of benzene rings is 2. The molecule has 2 aromatic carbocycles. The third kappa shape index (κ3) is 4.83. The Balaban J connectivity index is 1.55. The number of amides is 1. The highest BCUT2D eigenvalue weighted by Gasteiger charge is 2.40. The summed E-state index contributed by atoms with van der Waals surface area (Å²) in [6.45, 7) is 0.744. The summed E-state index contributed by atoms with van der Waals surface area (Å²) in [7, 11) is 1.63. The van der Waals surface area contributed by atoms with E-state index in [-0.39, 0.29) is 18.4 Å². The van der Waals surface area contributed by atoms with Gasteiger partial charge in [0.25, 0.3) is 0 Å². The van der Waals surface area contributed by atoms with Crippen LogP contribution in [0.15, 0.2) is 59.5 Å². The van der Waals surface area contributed by atoms with Crippen LogP contribution in [-0.2, 0) is 9.59 Å². The summed E-state index contributed by atoms with van der Waals surface area (Å²) in [4.78, 5) is 27.0. The van der Waals surface area contributed by atoms with Crippen molar-refractivity contribution < 1.29 is 19.4 Å². The number of ether oxygens (including phenoxy) is 1. The molecule has 1 saturated heterocycles.